The van der Waals surface area contributed by atoms with Gasteiger partial charge in [0.05, 0.1) is 33.2 Å². The van der Waals surface area contributed by atoms with Crippen molar-refractivity contribution < 1.29 is 24.3 Å². The molecule has 0 radical (unpaired) electrons. The van der Waals surface area contributed by atoms with Crippen LogP contribution in [0.1, 0.15) is 6.92 Å². The molecule has 0 rings (SSSR count). The van der Waals surface area contributed by atoms with Crippen LogP contribution in [0.25, 0.3) is 0 Å². The monoisotopic (exact) mass is 218 g/mol. The molecule has 1 amide bonds. The molecule has 88 valence electrons. The van der Waals surface area contributed by atoms with E-state index in [0.29, 0.717) is 4.48 Å². The lowest BCUT2D eigenvalue weighted by Gasteiger charge is -2.31. The van der Waals surface area contributed by atoms with E-state index in [2.05, 4.69) is 5.32 Å². The lowest BCUT2D eigenvalue weighted by Crippen LogP contribution is -2.58. The minimum absolute atomic E-state index is 0.207. The average Bonchev–Trinajstić information content (AvgIpc) is 1.95. The third-order valence-corrected chi connectivity index (χ3v) is 1.73. The second kappa shape index (κ2) is 5.09. The molecule has 0 saturated heterocycles. The fourth-order valence-corrected chi connectivity index (χ4v) is 1.20. The molecular weight excluding hydrogens is 200 g/mol. The van der Waals surface area contributed by atoms with Gasteiger partial charge in [-0.2, -0.15) is 0 Å². The van der Waals surface area contributed by atoms with Gasteiger partial charge in [0.15, 0.2) is 0 Å². The summed E-state index contributed by atoms with van der Waals surface area (Å²) in [4.78, 5) is 21.4. The Balaban J connectivity index is 4.49. The van der Waals surface area contributed by atoms with Gasteiger partial charge in [-0.3, -0.25) is 4.79 Å². The van der Waals surface area contributed by atoms with Crippen LogP contribution in [-0.4, -0.2) is 61.3 Å². The number of aliphatic hydroxyl groups is 1. The molecule has 0 aliphatic heterocycles. The number of amides is 1. The van der Waals surface area contributed by atoms with E-state index >= 15 is 0 Å². The Labute approximate surface area is 89.1 Å². The standard InChI is InChI=1S/C9H18N2O4/c1-6(12)10-8(9(14)15)7(13)5-11(2,3)4/h7-8,13H,5H2,1-4H3,(H-,10,12,14,15). The van der Waals surface area contributed by atoms with E-state index in [4.69, 9.17) is 0 Å². The Morgan fingerprint density at radius 1 is 1.40 bits per heavy atom. The Morgan fingerprint density at radius 3 is 2.13 bits per heavy atom. The van der Waals surface area contributed by atoms with Crippen LogP contribution in [0.3, 0.4) is 0 Å². The number of carbonyl (C=O) groups is 2. The van der Waals surface area contributed by atoms with Crippen molar-refractivity contribution in [3.05, 3.63) is 0 Å². The number of quaternary nitrogens is 1. The number of rotatable bonds is 5. The van der Waals surface area contributed by atoms with Crippen LogP contribution < -0.4 is 10.4 Å². The van der Waals surface area contributed by atoms with E-state index in [1.165, 1.54) is 6.92 Å². The Morgan fingerprint density at radius 2 is 1.87 bits per heavy atom. The first kappa shape index (κ1) is 13.9. The predicted octanol–water partition coefficient (Wildman–Crippen LogP) is -2.69. The van der Waals surface area contributed by atoms with Gasteiger partial charge in [-0.05, 0) is 0 Å². The molecule has 0 spiro atoms. The molecule has 6 nitrogen and oxygen atoms in total. The van der Waals surface area contributed by atoms with E-state index in [9.17, 15) is 19.8 Å². The minimum atomic E-state index is -1.48. The average molecular weight is 218 g/mol. The second-order valence-electron chi connectivity index (χ2n) is 4.54. The molecule has 2 atom stereocenters. The highest BCUT2D eigenvalue weighted by molar-refractivity contribution is 5.81. The maximum atomic E-state index is 10.7. The lowest BCUT2D eigenvalue weighted by atomic mass is 10.1. The van der Waals surface area contributed by atoms with Crippen LogP contribution in [0.4, 0.5) is 0 Å². The van der Waals surface area contributed by atoms with Crippen LogP contribution in [0, 0.1) is 0 Å². The van der Waals surface area contributed by atoms with Crippen LogP contribution in [0.2, 0.25) is 0 Å². The maximum absolute atomic E-state index is 10.7. The first-order valence-electron chi connectivity index (χ1n) is 4.60. The number of carboxylic acid groups (broad SMARTS) is 1. The highest BCUT2D eigenvalue weighted by atomic mass is 16.4. The van der Waals surface area contributed by atoms with E-state index in [1.807, 2.05) is 21.1 Å². The van der Waals surface area contributed by atoms with Crippen molar-refractivity contribution >= 4 is 11.9 Å². The smallest absolute Gasteiger partial charge is 0.217 e. The summed E-state index contributed by atoms with van der Waals surface area (Å²) in [7, 11) is 5.43. The molecule has 0 heterocycles. The highest BCUT2D eigenvalue weighted by Crippen LogP contribution is 2.00. The van der Waals surface area contributed by atoms with E-state index in [-0.39, 0.29) is 6.54 Å². The van der Waals surface area contributed by atoms with E-state index in [0.717, 1.165) is 0 Å². The zero-order valence-corrected chi connectivity index (χ0v) is 9.48. The number of carbonyl (C=O) groups excluding carboxylic acids is 2. The summed E-state index contributed by atoms with van der Waals surface area (Å²) in [6, 6.07) is -1.36. The van der Waals surface area contributed by atoms with Gasteiger partial charge in [-0.15, -0.1) is 0 Å². The predicted molar refractivity (Wildman–Crippen MR) is 51.5 cm³/mol. The molecule has 0 fully saturated rings. The molecule has 0 aliphatic rings. The summed E-state index contributed by atoms with van der Waals surface area (Å²) in [6.45, 7) is 1.40. The van der Waals surface area contributed by atoms with Crippen molar-refractivity contribution in [2.45, 2.75) is 19.1 Å². The molecule has 2 unspecified atom stereocenters. The number of nitrogens with zero attached hydrogens (tertiary/aromatic N) is 1. The van der Waals surface area contributed by atoms with Gasteiger partial charge in [0.1, 0.15) is 12.6 Å². The molecule has 15 heavy (non-hydrogen) atoms. The van der Waals surface area contributed by atoms with Crippen molar-refractivity contribution in [1.82, 2.24) is 5.32 Å². The molecule has 0 bridgehead atoms. The number of hydrogen-bond acceptors (Lipinski definition) is 4. The van der Waals surface area contributed by atoms with Gasteiger partial charge >= 0.3 is 0 Å². The largest absolute Gasteiger partial charge is 0.548 e. The summed E-state index contributed by atoms with van der Waals surface area (Å²) < 4.78 is 0.393. The zero-order valence-electron chi connectivity index (χ0n) is 9.48. The Bertz CT molecular complexity index is 247. The normalized spacial score (nSPS) is 15.5. The number of likely N-dealkylation sites (N-methyl/N-ethyl adjacent to an activating group) is 1. The lowest BCUT2D eigenvalue weighted by molar-refractivity contribution is -0.873. The van der Waals surface area contributed by atoms with Crippen molar-refractivity contribution in [2.75, 3.05) is 27.7 Å². The number of hydrogen-bond donors (Lipinski definition) is 2. The van der Waals surface area contributed by atoms with Crippen molar-refractivity contribution in [1.29, 1.82) is 0 Å². The van der Waals surface area contributed by atoms with Crippen LogP contribution >= 0.6 is 0 Å². The van der Waals surface area contributed by atoms with Crippen molar-refractivity contribution in [2.24, 2.45) is 0 Å². The van der Waals surface area contributed by atoms with Crippen LogP contribution in [0.15, 0.2) is 0 Å². The fourth-order valence-electron chi connectivity index (χ4n) is 1.20. The van der Waals surface area contributed by atoms with Crippen molar-refractivity contribution in [3.63, 3.8) is 0 Å². The third kappa shape index (κ3) is 6.03. The van der Waals surface area contributed by atoms with Gasteiger partial charge in [0.2, 0.25) is 5.91 Å². The quantitative estimate of drug-likeness (QED) is 0.492. The number of aliphatic hydroxyl groups excluding tert-OH is 1. The molecule has 0 aromatic rings. The summed E-state index contributed by atoms with van der Waals surface area (Å²) >= 11 is 0. The Kier molecular flexibility index (Phi) is 4.70. The third-order valence-electron chi connectivity index (χ3n) is 1.73. The molecule has 0 aliphatic carbocycles. The molecule has 0 aromatic carbocycles. The van der Waals surface area contributed by atoms with Crippen LogP contribution in [-0.2, 0) is 9.59 Å². The summed E-state index contributed by atoms with van der Waals surface area (Å²) in [5.74, 6) is -1.99. The molecule has 0 saturated carbocycles. The van der Waals surface area contributed by atoms with Gasteiger partial charge in [0, 0.05) is 6.92 Å². The SMILES string of the molecule is CC(=O)NC(C(=O)[O-])C(O)C[N+](C)(C)C. The number of aliphatic carboxylic acids is 1. The maximum Gasteiger partial charge on any atom is 0.217 e. The first-order valence-corrected chi connectivity index (χ1v) is 4.60. The van der Waals surface area contributed by atoms with Crippen LogP contribution in [0.5, 0.6) is 0 Å². The molecule has 0 aromatic heterocycles. The highest BCUT2D eigenvalue weighted by Gasteiger charge is 2.26. The number of nitrogens with one attached hydrogen (secondary N) is 1. The summed E-state index contributed by atoms with van der Waals surface area (Å²) in [5.41, 5.74) is 0. The van der Waals surface area contributed by atoms with Gasteiger partial charge in [0.25, 0.3) is 0 Å². The van der Waals surface area contributed by atoms with E-state index in [1.54, 1.807) is 0 Å². The summed E-state index contributed by atoms with van der Waals surface area (Å²) in [5, 5.41) is 22.4. The first-order chi connectivity index (χ1) is 6.63. The zero-order chi connectivity index (χ0) is 12.2. The molecule has 6 heteroatoms. The van der Waals surface area contributed by atoms with Gasteiger partial charge in [-0.1, -0.05) is 0 Å². The minimum Gasteiger partial charge on any atom is -0.548 e. The van der Waals surface area contributed by atoms with E-state index < -0.39 is 24.0 Å². The molecular formula is C9H18N2O4. The molecule has 2 N–H and O–H groups in total. The van der Waals surface area contributed by atoms with Crippen molar-refractivity contribution in [3.8, 4) is 0 Å². The van der Waals surface area contributed by atoms with Gasteiger partial charge < -0.3 is 24.8 Å². The Hall–Kier alpha value is -1.14. The summed E-state index contributed by atoms with van der Waals surface area (Å²) in [6.07, 6.45) is -1.17. The topological polar surface area (TPSA) is 89.5 Å². The fraction of sp³-hybridized carbons (Fsp3) is 0.778. The van der Waals surface area contributed by atoms with Gasteiger partial charge in [-0.25, -0.2) is 0 Å². The second-order valence-corrected chi connectivity index (χ2v) is 4.54. The number of carboxylic acids is 1.